The van der Waals surface area contributed by atoms with E-state index >= 15 is 0 Å². The molecular formula is C55H61BBr2ClF14N11O7. The summed E-state index contributed by atoms with van der Waals surface area (Å²) in [6.07, 6.45) is -10.7. The number of pyridine rings is 5. The van der Waals surface area contributed by atoms with Crippen LogP contribution in [0.3, 0.4) is 0 Å². The van der Waals surface area contributed by atoms with Gasteiger partial charge in [0.1, 0.15) is 0 Å². The Bertz CT molecular complexity index is 3720. The van der Waals surface area contributed by atoms with E-state index in [1.54, 1.807) is 24.3 Å². The van der Waals surface area contributed by atoms with Crippen LogP contribution in [0.4, 0.5) is 61.5 Å². The normalized spacial score (nSPS) is 16.9. The van der Waals surface area contributed by atoms with Crippen molar-refractivity contribution in [2.45, 2.75) is 174 Å². The van der Waals surface area contributed by atoms with Gasteiger partial charge in [0.2, 0.25) is 17.5 Å². The minimum Gasteiger partial charge on any atom is -0.463 e. The molecule has 3 aliphatic carbocycles. The molecule has 3 saturated carbocycles. The Morgan fingerprint density at radius 3 is 1.31 bits per heavy atom. The van der Waals surface area contributed by atoms with E-state index in [4.69, 9.17) is 30.8 Å². The van der Waals surface area contributed by atoms with E-state index in [0.717, 1.165) is 53.8 Å². The number of hydrogen-bond donors (Lipinski definition) is 1. The molecule has 9 heterocycles. The Morgan fingerprint density at radius 1 is 0.560 bits per heavy atom. The zero-order valence-electron chi connectivity index (χ0n) is 46.5. The number of hydrogen-bond acceptors (Lipinski definition) is 15. The van der Waals surface area contributed by atoms with Gasteiger partial charge in [-0.15, -0.1) is 30.6 Å². The Kier molecular flexibility index (Phi) is 24.1. The highest BCUT2D eigenvalue weighted by Crippen LogP contribution is 2.40. The van der Waals surface area contributed by atoms with Crippen LogP contribution in [0.2, 0.25) is 0 Å². The van der Waals surface area contributed by atoms with Crippen LogP contribution in [-0.4, -0.2) is 120 Å². The van der Waals surface area contributed by atoms with Gasteiger partial charge >= 0.3 is 37.1 Å². The lowest BCUT2D eigenvalue weighted by Crippen LogP contribution is -2.41. The van der Waals surface area contributed by atoms with Crippen molar-refractivity contribution >= 4 is 73.0 Å². The van der Waals surface area contributed by atoms with Gasteiger partial charge < -0.3 is 33.4 Å². The molecule has 0 spiro atoms. The van der Waals surface area contributed by atoms with E-state index in [-0.39, 0.29) is 56.7 Å². The van der Waals surface area contributed by atoms with Crippen LogP contribution in [0, 0.1) is 11.6 Å². The SMILES string of the molecule is C.C.C.C[C@H](Oc1ncc(-c2ccc3nnc(C(F)(F)OC4CC4)n3c2)cc1F)C(F)(F)F.C[C@H](Oc1ncc(B2OC(C)(C)C(C)(C)O2)cc1F)C(F)(F)F.FC(F)(Cl)c1nnc2ccc(Br)cn12.FC(F)(OC1CC1)c1nnc2ccc(Br)cn12.OC1CC1. The van der Waals surface area contributed by atoms with Gasteiger partial charge in [-0.25, -0.2) is 18.7 Å². The van der Waals surface area contributed by atoms with Gasteiger partial charge in [0.05, 0.1) is 29.5 Å². The van der Waals surface area contributed by atoms with Crippen LogP contribution in [-0.2, 0) is 36.4 Å². The fourth-order valence-electron chi connectivity index (χ4n) is 7.13. The van der Waals surface area contributed by atoms with Crippen molar-refractivity contribution in [2.24, 2.45) is 0 Å². The van der Waals surface area contributed by atoms with E-state index in [1.165, 1.54) is 41.3 Å². The summed E-state index contributed by atoms with van der Waals surface area (Å²) in [6.45, 7) is 8.83. The lowest BCUT2D eigenvalue weighted by atomic mass is 9.80. The van der Waals surface area contributed by atoms with Crippen LogP contribution in [0.1, 0.15) is 120 Å². The maximum Gasteiger partial charge on any atom is 0.496 e. The third-order valence-corrected chi connectivity index (χ3v) is 14.2. The topological polar surface area (TPSA) is 192 Å². The second kappa shape index (κ2) is 29.0. The first-order valence-corrected chi connectivity index (χ1v) is 28.1. The summed E-state index contributed by atoms with van der Waals surface area (Å²) >= 11 is 11.2. The fourth-order valence-corrected chi connectivity index (χ4v) is 7.93. The second-order valence-electron chi connectivity index (χ2n) is 21.0. The summed E-state index contributed by atoms with van der Waals surface area (Å²) in [7, 11) is -0.851. The zero-order chi connectivity index (χ0) is 64.7. The average molecular weight is 1460 g/mol. The van der Waals surface area contributed by atoms with Crippen molar-refractivity contribution in [3.63, 3.8) is 0 Å². The number of nitrogens with zero attached hydrogens (tertiary/aromatic N) is 11. The summed E-state index contributed by atoms with van der Waals surface area (Å²) in [4.78, 5) is 7.20. The number of alkyl halides is 13. The highest BCUT2D eigenvalue weighted by molar-refractivity contribution is 9.10. The molecule has 4 fully saturated rings. The van der Waals surface area contributed by atoms with Gasteiger partial charge in [0.15, 0.2) is 40.8 Å². The molecule has 500 valence electrons. The largest absolute Gasteiger partial charge is 0.496 e. The number of aliphatic hydroxyl groups is 1. The Balaban J connectivity index is 0.000000220. The van der Waals surface area contributed by atoms with Gasteiger partial charge in [-0.2, -0.15) is 52.7 Å². The molecule has 1 saturated heterocycles. The van der Waals surface area contributed by atoms with Crippen molar-refractivity contribution in [1.29, 1.82) is 0 Å². The van der Waals surface area contributed by atoms with Crippen molar-refractivity contribution in [1.82, 2.24) is 53.8 Å². The third-order valence-electron chi connectivity index (χ3n) is 13.1. The molecule has 0 bridgehead atoms. The van der Waals surface area contributed by atoms with E-state index < -0.39 is 107 Å². The van der Waals surface area contributed by atoms with Gasteiger partial charge in [-0.3, -0.25) is 13.2 Å². The van der Waals surface area contributed by atoms with E-state index in [2.05, 4.69) is 86.6 Å². The number of rotatable bonds is 13. The second-order valence-corrected chi connectivity index (χ2v) is 23.3. The number of aromatic nitrogens is 11. The Hall–Kier alpha value is -6.11. The molecule has 0 radical (unpaired) electrons. The average Bonchev–Trinajstić information content (AvgIpc) is 1.67. The van der Waals surface area contributed by atoms with Crippen LogP contribution in [0.5, 0.6) is 11.8 Å². The van der Waals surface area contributed by atoms with Gasteiger partial charge in [-0.05, 0) is 172 Å². The van der Waals surface area contributed by atoms with E-state index in [9.17, 15) is 61.5 Å². The summed E-state index contributed by atoms with van der Waals surface area (Å²) in [5, 5.41) is 25.9. The maximum absolute atomic E-state index is 14.4. The van der Waals surface area contributed by atoms with E-state index in [0.29, 0.717) is 45.9 Å². The zero-order valence-corrected chi connectivity index (χ0v) is 50.4. The molecule has 18 nitrogen and oxygen atoms in total. The lowest BCUT2D eigenvalue weighted by Gasteiger charge is -2.32. The highest BCUT2D eigenvalue weighted by atomic mass is 79.9. The first-order valence-electron chi connectivity index (χ1n) is 26.2. The Labute approximate surface area is 533 Å². The lowest BCUT2D eigenvalue weighted by molar-refractivity contribution is -0.261. The van der Waals surface area contributed by atoms with Crippen molar-refractivity contribution in [2.75, 3.05) is 0 Å². The van der Waals surface area contributed by atoms with Gasteiger partial charge in [0.25, 0.3) is 11.8 Å². The molecule has 4 aliphatic rings. The standard InChI is InChI=1S/C18H14F6N4O2.C14H18BF4NO3.C10H8BrF2N3O.C7H3BrClF2N3.C3H6O.3CH4/c1-9(17(20,21)22)29-15-13(19)6-11(7-25-15)10-2-5-14-26-27-16(28(14)8-10)18(23,24)30-12-3-4-12;1-8(14(17,18)19)21-11-10(16)6-9(7-20-11)15-22-12(2,3)13(4,5)23-15;11-6-1-4-8-14-15-9(16(8)5-6)10(12,13)17-7-2-3-7;8-4-1-2-5-12-13-6(7(9,10)11)14(5)3-4;4-3-1-2-3;;;/h2,5-9,12H,3-4H2,1H3;6-8H,1-5H3;1,4-5,7H,2-3H2;1-3H;3-4H,1-2H2;3*1H4/t9-;8-;;;;;;/m00....../s1. The summed E-state index contributed by atoms with van der Waals surface area (Å²) in [5.74, 6) is -5.48. The van der Waals surface area contributed by atoms with Crippen molar-refractivity contribution in [3.05, 3.63) is 118 Å². The van der Waals surface area contributed by atoms with Crippen molar-refractivity contribution in [3.8, 4) is 22.9 Å². The highest BCUT2D eigenvalue weighted by Gasteiger charge is 2.52. The molecule has 0 amide bonds. The minimum absolute atomic E-state index is 0. The number of aliphatic hydroxyl groups excluding tert-OH is 1. The summed E-state index contributed by atoms with van der Waals surface area (Å²) in [5.41, 5.74) is 0.224. The number of halogens is 17. The fraction of sp³-hybridized carbons (Fsp3) is 0.491. The minimum atomic E-state index is -4.68. The van der Waals surface area contributed by atoms with Crippen LogP contribution >= 0.6 is 43.5 Å². The molecule has 36 heteroatoms. The predicted octanol–water partition coefficient (Wildman–Crippen LogP) is 14.9. The monoisotopic (exact) mass is 1460 g/mol. The molecule has 91 heavy (non-hydrogen) atoms. The molecule has 8 aromatic heterocycles. The Morgan fingerprint density at radius 2 is 0.934 bits per heavy atom. The molecule has 0 aromatic carbocycles. The molecular weight excluding hydrogens is 1400 g/mol. The summed E-state index contributed by atoms with van der Waals surface area (Å²) < 4.78 is 220. The predicted molar refractivity (Wildman–Crippen MR) is 311 cm³/mol. The van der Waals surface area contributed by atoms with Gasteiger partial charge in [0, 0.05) is 56.5 Å². The smallest absolute Gasteiger partial charge is 0.463 e. The quantitative estimate of drug-likeness (QED) is 0.0651. The molecule has 1 N–H and O–H groups in total. The van der Waals surface area contributed by atoms with Crippen molar-refractivity contribution < 1.29 is 94.8 Å². The molecule has 2 atom stereocenters. The van der Waals surface area contributed by atoms with Crippen LogP contribution in [0.25, 0.3) is 28.1 Å². The summed E-state index contributed by atoms with van der Waals surface area (Å²) in [6, 6.07) is 11.3. The van der Waals surface area contributed by atoms with E-state index in [1.807, 2.05) is 27.7 Å². The number of ether oxygens (including phenoxy) is 4. The first-order chi connectivity index (χ1) is 40.8. The van der Waals surface area contributed by atoms with Gasteiger partial charge in [-0.1, -0.05) is 22.3 Å². The maximum atomic E-state index is 14.4. The molecule has 0 unspecified atom stereocenters. The van der Waals surface area contributed by atoms with Crippen LogP contribution < -0.4 is 14.9 Å². The molecule has 8 aromatic rings. The number of fused-ring (bicyclic) bond motifs is 3. The molecule has 1 aliphatic heterocycles. The molecule has 12 rings (SSSR count). The van der Waals surface area contributed by atoms with Crippen LogP contribution in [0.15, 0.2) is 88.5 Å². The first kappa shape index (κ1) is 75.6. The third kappa shape index (κ3) is 19.5.